The first-order valence-corrected chi connectivity index (χ1v) is 10.1. The lowest BCUT2D eigenvalue weighted by atomic mass is 10.0. The van der Waals surface area contributed by atoms with Crippen LogP contribution in [0.15, 0.2) is 24.4 Å². The molecule has 0 amide bonds. The summed E-state index contributed by atoms with van der Waals surface area (Å²) in [6.07, 6.45) is 1.79. The molecular weight excluding hydrogens is 381 g/mol. The summed E-state index contributed by atoms with van der Waals surface area (Å²) < 4.78 is 46.2. The van der Waals surface area contributed by atoms with E-state index in [0.717, 1.165) is 43.6 Å². The highest BCUT2D eigenvalue weighted by molar-refractivity contribution is 5.66. The number of nitrogens with zero attached hydrogens (tertiary/aromatic N) is 2. The van der Waals surface area contributed by atoms with Gasteiger partial charge in [0.05, 0.1) is 17.9 Å². The van der Waals surface area contributed by atoms with E-state index >= 15 is 0 Å². The molecule has 1 aromatic heterocycles. The molecule has 0 radical (unpaired) electrons. The fourth-order valence-electron chi connectivity index (χ4n) is 3.73. The van der Waals surface area contributed by atoms with Crippen molar-refractivity contribution in [1.82, 2.24) is 20.4 Å². The van der Waals surface area contributed by atoms with Crippen LogP contribution >= 0.6 is 0 Å². The second kappa shape index (κ2) is 9.63. The average molecular weight is 410 g/mol. The molecule has 0 bridgehead atoms. The number of nitrogens with one attached hydrogen (secondary N) is 2. The van der Waals surface area contributed by atoms with Crippen LogP contribution in [0, 0.1) is 5.92 Å². The molecular formula is C21H29F3N4O. The molecule has 1 aliphatic carbocycles. The third-order valence-corrected chi connectivity index (χ3v) is 5.37. The van der Waals surface area contributed by atoms with Crippen molar-refractivity contribution in [3.8, 4) is 17.0 Å². The molecule has 0 unspecified atom stereocenters. The number of rotatable bonds is 9. The Labute approximate surface area is 169 Å². The molecule has 1 saturated carbocycles. The number of halogens is 3. The topological polar surface area (TPSA) is 53.2 Å². The maximum absolute atomic E-state index is 13.5. The van der Waals surface area contributed by atoms with E-state index in [1.807, 2.05) is 14.1 Å². The van der Waals surface area contributed by atoms with Crippen molar-refractivity contribution in [1.29, 1.82) is 0 Å². The highest BCUT2D eigenvalue weighted by atomic mass is 19.4. The van der Waals surface area contributed by atoms with E-state index in [4.69, 9.17) is 4.74 Å². The summed E-state index contributed by atoms with van der Waals surface area (Å²) in [6.45, 7) is 2.69. The number of likely N-dealkylation sites (N-methyl/N-ethyl adjacent to an activating group) is 2. The summed E-state index contributed by atoms with van der Waals surface area (Å²) in [6, 6.07) is 3.90. The SMILES string of the molecule is CNCCN(C)Cc1c[nH]nc1-c1cc(OCC2CCCC2)cc(C(F)(F)F)c1. The van der Waals surface area contributed by atoms with Crippen LogP contribution in [-0.4, -0.2) is 48.9 Å². The van der Waals surface area contributed by atoms with E-state index in [1.165, 1.54) is 12.8 Å². The maximum Gasteiger partial charge on any atom is 0.416 e. The number of H-pyrrole nitrogens is 1. The van der Waals surface area contributed by atoms with Gasteiger partial charge in [-0.3, -0.25) is 5.10 Å². The summed E-state index contributed by atoms with van der Waals surface area (Å²) in [5, 5.41) is 10.1. The fraction of sp³-hybridized carbons (Fsp3) is 0.571. The first kappa shape index (κ1) is 21.6. The molecule has 1 heterocycles. The van der Waals surface area contributed by atoms with Crippen molar-refractivity contribution in [2.24, 2.45) is 5.92 Å². The molecule has 1 aliphatic rings. The highest BCUT2D eigenvalue weighted by Crippen LogP contribution is 2.36. The number of ether oxygens (including phenoxy) is 1. The third kappa shape index (κ3) is 5.96. The molecule has 0 spiro atoms. The van der Waals surface area contributed by atoms with Gasteiger partial charge in [0.15, 0.2) is 0 Å². The molecule has 5 nitrogen and oxygen atoms in total. The van der Waals surface area contributed by atoms with Crippen LogP contribution < -0.4 is 10.1 Å². The summed E-state index contributed by atoms with van der Waals surface area (Å²) in [7, 11) is 3.85. The van der Waals surface area contributed by atoms with Gasteiger partial charge in [-0.15, -0.1) is 0 Å². The van der Waals surface area contributed by atoms with E-state index in [0.29, 0.717) is 30.3 Å². The van der Waals surface area contributed by atoms with Crippen LogP contribution in [-0.2, 0) is 12.7 Å². The number of aromatic amines is 1. The Hall–Kier alpha value is -2.06. The second-order valence-corrected chi connectivity index (χ2v) is 7.81. The number of benzene rings is 1. The van der Waals surface area contributed by atoms with E-state index in [1.54, 1.807) is 12.3 Å². The van der Waals surface area contributed by atoms with Crippen molar-refractivity contribution in [3.63, 3.8) is 0 Å². The zero-order valence-corrected chi connectivity index (χ0v) is 17.0. The standard InChI is InChI=1S/C21H29F3N4O/c1-25-7-8-28(2)13-17-12-26-27-20(17)16-9-18(21(22,23)24)11-19(10-16)29-14-15-5-3-4-6-15/h9-12,15,25H,3-8,13-14H2,1-2H3,(H,26,27). The Morgan fingerprint density at radius 1 is 1.24 bits per heavy atom. The van der Waals surface area contributed by atoms with Gasteiger partial charge < -0.3 is 15.0 Å². The zero-order chi connectivity index (χ0) is 20.9. The molecule has 160 valence electrons. The predicted octanol–water partition coefficient (Wildman–Crippen LogP) is 4.32. The van der Waals surface area contributed by atoms with Crippen molar-refractivity contribution >= 4 is 0 Å². The normalized spacial score (nSPS) is 15.4. The summed E-state index contributed by atoms with van der Waals surface area (Å²) in [5.74, 6) is 0.675. The molecule has 0 atom stereocenters. The van der Waals surface area contributed by atoms with Gasteiger partial charge in [-0.1, -0.05) is 12.8 Å². The average Bonchev–Trinajstić information content (AvgIpc) is 3.35. The first-order chi connectivity index (χ1) is 13.9. The van der Waals surface area contributed by atoms with Gasteiger partial charge in [-0.2, -0.15) is 18.3 Å². The third-order valence-electron chi connectivity index (χ3n) is 5.37. The van der Waals surface area contributed by atoms with Gasteiger partial charge in [-0.25, -0.2) is 0 Å². The highest BCUT2D eigenvalue weighted by Gasteiger charge is 2.32. The van der Waals surface area contributed by atoms with Gasteiger partial charge in [0, 0.05) is 37.0 Å². The molecule has 0 saturated heterocycles. The van der Waals surface area contributed by atoms with Crippen LogP contribution in [0.3, 0.4) is 0 Å². The molecule has 2 N–H and O–H groups in total. The van der Waals surface area contributed by atoms with E-state index in [2.05, 4.69) is 20.4 Å². The Morgan fingerprint density at radius 2 is 2.00 bits per heavy atom. The zero-order valence-electron chi connectivity index (χ0n) is 17.0. The lowest BCUT2D eigenvalue weighted by Gasteiger charge is -2.17. The van der Waals surface area contributed by atoms with Crippen LogP contribution in [0.4, 0.5) is 13.2 Å². The van der Waals surface area contributed by atoms with Crippen LogP contribution in [0.25, 0.3) is 11.3 Å². The van der Waals surface area contributed by atoms with Gasteiger partial charge in [-0.05, 0) is 51.1 Å². The number of hydrogen-bond acceptors (Lipinski definition) is 4. The van der Waals surface area contributed by atoms with Gasteiger partial charge in [0.2, 0.25) is 0 Å². The monoisotopic (exact) mass is 410 g/mol. The molecule has 29 heavy (non-hydrogen) atoms. The summed E-state index contributed by atoms with van der Waals surface area (Å²) in [5.41, 5.74) is 1.08. The van der Waals surface area contributed by atoms with E-state index in [9.17, 15) is 13.2 Å². The number of alkyl halides is 3. The lowest BCUT2D eigenvalue weighted by Crippen LogP contribution is -2.27. The van der Waals surface area contributed by atoms with Gasteiger partial charge in [0.1, 0.15) is 5.75 Å². The molecule has 8 heteroatoms. The Bertz CT molecular complexity index is 784. The molecule has 3 rings (SSSR count). The smallest absolute Gasteiger partial charge is 0.416 e. The van der Waals surface area contributed by atoms with Crippen molar-refractivity contribution in [2.75, 3.05) is 33.8 Å². The Kier molecular flexibility index (Phi) is 7.18. The van der Waals surface area contributed by atoms with Crippen molar-refractivity contribution in [2.45, 2.75) is 38.4 Å². The Morgan fingerprint density at radius 3 is 2.69 bits per heavy atom. The van der Waals surface area contributed by atoms with E-state index in [-0.39, 0.29) is 5.75 Å². The van der Waals surface area contributed by atoms with Crippen molar-refractivity contribution in [3.05, 3.63) is 35.5 Å². The van der Waals surface area contributed by atoms with Gasteiger partial charge in [0.25, 0.3) is 0 Å². The minimum absolute atomic E-state index is 0.249. The molecule has 2 aromatic rings. The number of aromatic nitrogens is 2. The summed E-state index contributed by atoms with van der Waals surface area (Å²) in [4.78, 5) is 2.09. The fourth-order valence-corrected chi connectivity index (χ4v) is 3.73. The minimum atomic E-state index is -4.44. The molecule has 1 aromatic carbocycles. The predicted molar refractivity (Wildman–Crippen MR) is 107 cm³/mol. The van der Waals surface area contributed by atoms with Crippen LogP contribution in [0.1, 0.15) is 36.8 Å². The summed E-state index contributed by atoms with van der Waals surface area (Å²) >= 11 is 0. The lowest BCUT2D eigenvalue weighted by molar-refractivity contribution is -0.137. The largest absolute Gasteiger partial charge is 0.493 e. The van der Waals surface area contributed by atoms with E-state index < -0.39 is 11.7 Å². The Balaban J connectivity index is 1.84. The first-order valence-electron chi connectivity index (χ1n) is 10.1. The molecule has 1 fully saturated rings. The number of hydrogen-bond donors (Lipinski definition) is 2. The minimum Gasteiger partial charge on any atom is -0.493 e. The molecule has 0 aliphatic heterocycles. The van der Waals surface area contributed by atoms with Crippen molar-refractivity contribution < 1.29 is 17.9 Å². The maximum atomic E-state index is 13.5. The van der Waals surface area contributed by atoms with Crippen LogP contribution in [0.5, 0.6) is 5.75 Å². The van der Waals surface area contributed by atoms with Crippen LogP contribution in [0.2, 0.25) is 0 Å². The quantitative estimate of drug-likeness (QED) is 0.647. The second-order valence-electron chi connectivity index (χ2n) is 7.81. The van der Waals surface area contributed by atoms with Gasteiger partial charge >= 0.3 is 6.18 Å².